The summed E-state index contributed by atoms with van der Waals surface area (Å²) in [6.07, 6.45) is 1.96. The van der Waals surface area contributed by atoms with E-state index in [1.807, 2.05) is 6.07 Å². The van der Waals surface area contributed by atoms with E-state index in [1.165, 1.54) is 0 Å². The van der Waals surface area contributed by atoms with Crippen molar-refractivity contribution in [2.45, 2.75) is 12.8 Å². The van der Waals surface area contributed by atoms with Crippen LogP contribution in [0.4, 0.5) is 0 Å². The Hall–Kier alpha value is -1.46. The lowest BCUT2D eigenvalue weighted by atomic mass is 10.1. The zero-order valence-electron chi connectivity index (χ0n) is 13.3. The van der Waals surface area contributed by atoms with Gasteiger partial charge in [-0.15, -0.1) is 0 Å². The molecular formula is C16H26N2O3. The van der Waals surface area contributed by atoms with Crippen LogP contribution in [0.1, 0.15) is 12.0 Å². The zero-order valence-corrected chi connectivity index (χ0v) is 13.3. The fourth-order valence-electron chi connectivity index (χ4n) is 2.75. The van der Waals surface area contributed by atoms with Crippen molar-refractivity contribution in [2.24, 2.45) is 0 Å². The van der Waals surface area contributed by atoms with Crippen LogP contribution in [0.15, 0.2) is 12.1 Å². The van der Waals surface area contributed by atoms with Crippen LogP contribution >= 0.6 is 0 Å². The van der Waals surface area contributed by atoms with Crippen molar-refractivity contribution in [3.63, 3.8) is 0 Å². The smallest absolute Gasteiger partial charge is 0.201 e. The van der Waals surface area contributed by atoms with Crippen LogP contribution in [0, 0.1) is 0 Å². The molecule has 1 aliphatic rings. The second kappa shape index (κ2) is 7.52. The first-order valence-corrected chi connectivity index (χ1v) is 7.49. The highest BCUT2D eigenvalue weighted by molar-refractivity contribution is 5.54. The number of phenolic OH excluding ortho intramolecular Hbond substituents is 1. The van der Waals surface area contributed by atoms with Gasteiger partial charge in [0.1, 0.15) is 0 Å². The third-order valence-electron chi connectivity index (χ3n) is 4.12. The second-order valence-corrected chi connectivity index (χ2v) is 5.56. The Morgan fingerprint density at radius 2 is 1.81 bits per heavy atom. The summed E-state index contributed by atoms with van der Waals surface area (Å²) in [5.41, 5.74) is 1.03. The van der Waals surface area contributed by atoms with Crippen LogP contribution in [-0.4, -0.2) is 68.9 Å². The van der Waals surface area contributed by atoms with Crippen molar-refractivity contribution in [1.29, 1.82) is 0 Å². The summed E-state index contributed by atoms with van der Waals surface area (Å²) in [4.78, 5) is 4.86. The van der Waals surface area contributed by atoms with E-state index in [0.717, 1.165) is 51.1 Å². The van der Waals surface area contributed by atoms with E-state index in [4.69, 9.17) is 9.47 Å². The minimum atomic E-state index is 0.0945. The number of hydrogen-bond acceptors (Lipinski definition) is 5. The third kappa shape index (κ3) is 4.02. The Bertz CT molecular complexity index is 457. The molecular weight excluding hydrogens is 268 g/mol. The number of piperazine rings is 1. The molecule has 5 heteroatoms. The van der Waals surface area contributed by atoms with Crippen LogP contribution in [0.3, 0.4) is 0 Å². The Kier molecular flexibility index (Phi) is 5.70. The summed E-state index contributed by atoms with van der Waals surface area (Å²) in [6, 6.07) is 3.77. The van der Waals surface area contributed by atoms with Gasteiger partial charge in [0.15, 0.2) is 11.5 Å². The molecule has 1 aromatic carbocycles. The maximum absolute atomic E-state index is 10.1. The molecule has 1 aromatic rings. The van der Waals surface area contributed by atoms with Gasteiger partial charge in [0, 0.05) is 26.2 Å². The van der Waals surface area contributed by atoms with E-state index in [-0.39, 0.29) is 5.75 Å². The molecule has 0 radical (unpaired) electrons. The van der Waals surface area contributed by atoms with Crippen molar-refractivity contribution in [2.75, 3.05) is 54.0 Å². The molecule has 1 aliphatic heterocycles. The minimum absolute atomic E-state index is 0.0945. The molecule has 0 unspecified atom stereocenters. The number of phenols is 1. The van der Waals surface area contributed by atoms with Gasteiger partial charge in [0.25, 0.3) is 0 Å². The molecule has 1 heterocycles. The molecule has 1 saturated heterocycles. The van der Waals surface area contributed by atoms with Crippen molar-refractivity contribution in [1.82, 2.24) is 9.80 Å². The first-order valence-electron chi connectivity index (χ1n) is 7.49. The summed E-state index contributed by atoms with van der Waals surface area (Å²) in [5.74, 6) is 1.08. The molecule has 5 nitrogen and oxygen atoms in total. The SMILES string of the molecule is COc1ccc(CCCN2CCN(C)CC2)c(OC)c1O. The standard InChI is InChI=1S/C16H26N2O3/c1-17-9-11-18(12-10-17)8-4-5-13-6-7-14(20-2)15(19)16(13)21-3/h6-7,19H,4-5,8-12H2,1-3H3. The maximum atomic E-state index is 10.1. The Morgan fingerprint density at radius 3 is 2.43 bits per heavy atom. The lowest BCUT2D eigenvalue weighted by Crippen LogP contribution is -2.44. The van der Waals surface area contributed by atoms with E-state index in [2.05, 4.69) is 16.8 Å². The average molecular weight is 294 g/mol. The van der Waals surface area contributed by atoms with Crippen LogP contribution in [-0.2, 0) is 6.42 Å². The number of methoxy groups -OCH3 is 2. The van der Waals surface area contributed by atoms with Gasteiger partial charge in [0.2, 0.25) is 5.75 Å². The van der Waals surface area contributed by atoms with Gasteiger partial charge >= 0.3 is 0 Å². The van der Waals surface area contributed by atoms with E-state index in [1.54, 1.807) is 20.3 Å². The molecule has 0 aliphatic carbocycles. The lowest BCUT2D eigenvalue weighted by Gasteiger charge is -2.32. The van der Waals surface area contributed by atoms with E-state index < -0.39 is 0 Å². The molecule has 0 aromatic heterocycles. The number of hydrogen-bond donors (Lipinski definition) is 1. The molecule has 1 fully saturated rings. The number of ether oxygens (including phenoxy) is 2. The average Bonchev–Trinajstić information content (AvgIpc) is 2.49. The number of aryl methyl sites for hydroxylation is 1. The second-order valence-electron chi connectivity index (χ2n) is 5.56. The number of benzene rings is 1. The van der Waals surface area contributed by atoms with Gasteiger partial charge in [-0.2, -0.15) is 0 Å². The van der Waals surface area contributed by atoms with Gasteiger partial charge in [-0.05, 0) is 38.1 Å². The minimum Gasteiger partial charge on any atom is -0.502 e. The van der Waals surface area contributed by atoms with Crippen LogP contribution in [0.5, 0.6) is 17.2 Å². The van der Waals surface area contributed by atoms with Crippen LogP contribution in [0.2, 0.25) is 0 Å². The lowest BCUT2D eigenvalue weighted by molar-refractivity contribution is 0.153. The predicted octanol–water partition coefficient (Wildman–Crippen LogP) is 1.59. The molecule has 2 rings (SSSR count). The molecule has 0 atom stereocenters. The molecule has 0 amide bonds. The summed E-state index contributed by atoms with van der Waals surface area (Å²) in [6.45, 7) is 5.66. The molecule has 1 N–H and O–H groups in total. The van der Waals surface area contributed by atoms with Crippen LogP contribution < -0.4 is 9.47 Å². The molecule has 21 heavy (non-hydrogen) atoms. The summed E-state index contributed by atoms with van der Waals surface area (Å²) < 4.78 is 10.4. The highest BCUT2D eigenvalue weighted by Crippen LogP contribution is 2.39. The Morgan fingerprint density at radius 1 is 1.10 bits per heavy atom. The number of likely N-dealkylation sites (N-methyl/N-ethyl adjacent to an activating group) is 1. The number of aromatic hydroxyl groups is 1. The monoisotopic (exact) mass is 294 g/mol. The Labute approximate surface area is 127 Å². The van der Waals surface area contributed by atoms with Gasteiger partial charge in [-0.1, -0.05) is 6.07 Å². The van der Waals surface area contributed by atoms with Crippen LogP contribution in [0.25, 0.3) is 0 Å². The third-order valence-corrected chi connectivity index (χ3v) is 4.12. The molecule has 118 valence electrons. The maximum Gasteiger partial charge on any atom is 0.201 e. The van der Waals surface area contributed by atoms with Crippen molar-refractivity contribution in [3.05, 3.63) is 17.7 Å². The molecule has 0 bridgehead atoms. The van der Waals surface area contributed by atoms with Crippen molar-refractivity contribution >= 4 is 0 Å². The van der Waals surface area contributed by atoms with E-state index in [0.29, 0.717) is 11.5 Å². The van der Waals surface area contributed by atoms with Crippen molar-refractivity contribution < 1.29 is 14.6 Å². The van der Waals surface area contributed by atoms with Gasteiger partial charge in [-0.25, -0.2) is 0 Å². The predicted molar refractivity (Wildman–Crippen MR) is 83.5 cm³/mol. The first-order chi connectivity index (χ1) is 10.2. The highest BCUT2D eigenvalue weighted by atomic mass is 16.5. The summed E-state index contributed by atoms with van der Waals surface area (Å²) >= 11 is 0. The van der Waals surface area contributed by atoms with Gasteiger partial charge in [0.05, 0.1) is 14.2 Å². The topological polar surface area (TPSA) is 45.2 Å². The normalized spacial score (nSPS) is 16.9. The number of rotatable bonds is 6. The molecule has 0 spiro atoms. The van der Waals surface area contributed by atoms with E-state index >= 15 is 0 Å². The largest absolute Gasteiger partial charge is 0.502 e. The fourth-order valence-corrected chi connectivity index (χ4v) is 2.75. The van der Waals surface area contributed by atoms with Gasteiger partial charge in [-0.3, -0.25) is 0 Å². The first kappa shape index (κ1) is 15.9. The quantitative estimate of drug-likeness (QED) is 0.863. The highest BCUT2D eigenvalue weighted by Gasteiger charge is 2.16. The van der Waals surface area contributed by atoms with Crippen molar-refractivity contribution in [3.8, 4) is 17.2 Å². The zero-order chi connectivity index (χ0) is 15.2. The molecule has 0 saturated carbocycles. The van der Waals surface area contributed by atoms with Gasteiger partial charge < -0.3 is 24.4 Å². The number of nitrogens with zero attached hydrogens (tertiary/aromatic N) is 2. The Balaban J connectivity index is 1.89. The fraction of sp³-hybridized carbons (Fsp3) is 0.625. The van der Waals surface area contributed by atoms with E-state index in [9.17, 15) is 5.11 Å². The summed E-state index contributed by atoms with van der Waals surface area (Å²) in [5, 5.41) is 10.1. The summed E-state index contributed by atoms with van der Waals surface area (Å²) in [7, 11) is 5.29.